The first-order valence-corrected chi connectivity index (χ1v) is 8.15. The summed E-state index contributed by atoms with van der Waals surface area (Å²) in [6.45, 7) is 1.79. The number of fused-ring (bicyclic) bond motifs is 1. The normalized spacial score (nSPS) is 11.6. The number of anilines is 1. The van der Waals surface area contributed by atoms with Gasteiger partial charge in [-0.3, -0.25) is 4.72 Å². The molecule has 2 aromatic rings. The largest absolute Gasteiger partial charge is 0.477 e. The van der Waals surface area contributed by atoms with Crippen LogP contribution >= 0.6 is 11.3 Å². The first-order chi connectivity index (χ1) is 8.91. The minimum atomic E-state index is -3.33. The highest BCUT2D eigenvalue weighted by atomic mass is 32.2. The highest BCUT2D eigenvalue weighted by Crippen LogP contribution is 2.28. The number of carboxylic acid groups (broad SMARTS) is 1. The van der Waals surface area contributed by atoms with Crippen molar-refractivity contribution < 1.29 is 18.3 Å². The monoisotopic (exact) mass is 299 g/mol. The standard InChI is InChI=1S/C12H13NO4S2/c1-2-5-19(16,17)13-9-3-4-10-8(6-9)7-11(18-10)12(14)15/h3-4,6-7,13H,2,5H2,1H3,(H,14,15). The zero-order valence-electron chi connectivity index (χ0n) is 10.2. The molecule has 0 spiro atoms. The third-order valence-corrected chi connectivity index (χ3v) is 5.07. The second kappa shape index (κ2) is 5.18. The molecule has 19 heavy (non-hydrogen) atoms. The lowest BCUT2D eigenvalue weighted by atomic mass is 10.2. The molecule has 0 fully saturated rings. The summed E-state index contributed by atoms with van der Waals surface area (Å²) in [7, 11) is -3.33. The van der Waals surface area contributed by atoms with Crippen LogP contribution in [0.15, 0.2) is 24.3 Å². The number of thiophene rings is 1. The van der Waals surface area contributed by atoms with E-state index in [9.17, 15) is 13.2 Å². The predicted octanol–water partition coefficient (Wildman–Crippen LogP) is 2.75. The van der Waals surface area contributed by atoms with E-state index >= 15 is 0 Å². The van der Waals surface area contributed by atoms with Gasteiger partial charge >= 0.3 is 5.97 Å². The first kappa shape index (κ1) is 13.8. The van der Waals surface area contributed by atoms with Crippen LogP contribution in [-0.2, 0) is 10.0 Å². The van der Waals surface area contributed by atoms with E-state index in [-0.39, 0.29) is 10.6 Å². The molecule has 0 bridgehead atoms. The first-order valence-electron chi connectivity index (χ1n) is 5.68. The van der Waals surface area contributed by atoms with Crippen molar-refractivity contribution in [2.24, 2.45) is 0 Å². The van der Waals surface area contributed by atoms with E-state index in [1.54, 1.807) is 31.2 Å². The molecule has 0 aliphatic carbocycles. The molecular formula is C12H13NO4S2. The van der Waals surface area contributed by atoms with Crippen LogP contribution in [0.1, 0.15) is 23.0 Å². The smallest absolute Gasteiger partial charge is 0.345 e. The number of rotatable bonds is 5. The maximum Gasteiger partial charge on any atom is 0.345 e. The average molecular weight is 299 g/mol. The molecule has 2 N–H and O–H groups in total. The summed E-state index contributed by atoms with van der Waals surface area (Å²) in [4.78, 5) is 11.1. The Morgan fingerprint density at radius 3 is 2.74 bits per heavy atom. The van der Waals surface area contributed by atoms with E-state index in [0.29, 0.717) is 12.1 Å². The topological polar surface area (TPSA) is 83.5 Å². The Balaban J connectivity index is 2.34. The van der Waals surface area contributed by atoms with Crippen molar-refractivity contribution in [3.8, 4) is 0 Å². The number of aromatic carboxylic acids is 1. The van der Waals surface area contributed by atoms with Gasteiger partial charge in [0.25, 0.3) is 0 Å². The lowest BCUT2D eigenvalue weighted by Gasteiger charge is -2.06. The molecule has 7 heteroatoms. The minimum Gasteiger partial charge on any atom is -0.477 e. The highest BCUT2D eigenvalue weighted by Gasteiger charge is 2.11. The van der Waals surface area contributed by atoms with E-state index in [0.717, 1.165) is 10.1 Å². The Labute approximate surface area is 114 Å². The fourth-order valence-electron chi connectivity index (χ4n) is 1.71. The summed E-state index contributed by atoms with van der Waals surface area (Å²) in [5, 5.41) is 9.63. The van der Waals surface area contributed by atoms with Gasteiger partial charge in [-0.25, -0.2) is 13.2 Å². The van der Waals surface area contributed by atoms with Gasteiger partial charge in [-0.2, -0.15) is 0 Å². The second-order valence-corrected chi connectivity index (χ2v) is 7.01. The van der Waals surface area contributed by atoms with Crippen LogP contribution in [-0.4, -0.2) is 25.2 Å². The molecule has 5 nitrogen and oxygen atoms in total. The lowest BCUT2D eigenvalue weighted by Crippen LogP contribution is -2.15. The number of carbonyl (C=O) groups is 1. The molecule has 1 aromatic heterocycles. The number of nitrogens with one attached hydrogen (secondary N) is 1. The molecule has 1 heterocycles. The van der Waals surface area contributed by atoms with Crippen molar-refractivity contribution in [1.82, 2.24) is 0 Å². The van der Waals surface area contributed by atoms with Crippen molar-refractivity contribution in [2.45, 2.75) is 13.3 Å². The third kappa shape index (κ3) is 3.24. The zero-order chi connectivity index (χ0) is 14.0. The number of hydrogen-bond donors (Lipinski definition) is 2. The maximum atomic E-state index is 11.6. The molecule has 0 amide bonds. The Kier molecular flexibility index (Phi) is 3.77. The van der Waals surface area contributed by atoms with E-state index < -0.39 is 16.0 Å². The molecule has 0 aliphatic heterocycles. The SMILES string of the molecule is CCCS(=O)(=O)Nc1ccc2sc(C(=O)O)cc2c1. The van der Waals surface area contributed by atoms with Crippen molar-refractivity contribution in [2.75, 3.05) is 10.5 Å². The van der Waals surface area contributed by atoms with E-state index in [1.165, 1.54) is 11.3 Å². The molecule has 0 unspecified atom stereocenters. The molecule has 0 saturated heterocycles. The van der Waals surface area contributed by atoms with Crippen LogP contribution in [0, 0.1) is 0 Å². The molecule has 0 atom stereocenters. The third-order valence-electron chi connectivity index (χ3n) is 2.47. The Bertz CT molecular complexity index is 718. The van der Waals surface area contributed by atoms with Gasteiger partial charge in [-0.05, 0) is 36.1 Å². The van der Waals surface area contributed by atoms with Gasteiger partial charge in [-0.15, -0.1) is 11.3 Å². The van der Waals surface area contributed by atoms with E-state index in [1.807, 2.05) is 0 Å². The van der Waals surface area contributed by atoms with Gasteiger partial charge in [-0.1, -0.05) is 6.92 Å². The number of benzene rings is 1. The second-order valence-electron chi connectivity index (χ2n) is 4.09. The van der Waals surface area contributed by atoms with E-state index in [4.69, 9.17) is 5.11 Å². The predicted molar refractivity (Wildman–Crippen MR) is 76.5 cm³/mol. The van der Waals surface area contributed by atoms with Crippen LogP contribution < -0.4 is 4.72 Å². The van der Waals surface area contributed by atoms with Gasteiger partial charge in [0, 0.05) is 10.4 Å². The Morgan fingerprint density at radius 1 is 1.37 bits per heavy atom. The molecular weight excluding hydrogens is 286 g/mol. The fourth-order valence-corrected chi connectivity index (χ4v) is 3.72. The van der Waals surface area contributed by atoms with Gasteiger partial charge in [0.05, 0.1) is 5.75 Å². The molecule has 1 aromatic carbocycles. The van der Waals surface area contributed by atoms with Crippen molar-refractivity contribution in [3.05, 3.63) is 29.1 Å². The number of carboxylic acids is 1. The summed E-state index contributed by atoms with van der Waals surface area (Å²) >= 11 is 1.17. The van der Waals surface area contributed by atoms with Crippen LogP contribution in [0.5, 0.6) is 0 Å². The van der Waals surface area contributed by atoms with Crippen LogP contribution in [0.4, 0.5) is 5.69 Å². The quantitative estimate of drug-likeness (QED) is 0.889. The number of sulfonamides is 1. The van der Waals surface area contributed by atoms with Crippen LogP contribution in [0.25, 0.3) is 10.1 Å². The molecule has 0 saturated carbocycles. The highest BCUT2D eigenvalue weighted by molar-refractivity contribution is 7.92. The summed E-state index contributed by atoms with van der Waals surface area (Å²) in [5.74, 6) is -0.913. The van der Waals surface area contributed by atoms with Gasteiger partial charge in [0.15, 0.2) is 0 Å². The van der Waals surface area contributed by atoms with Crippen molar-refractivity contribution in [1.29, 1.82) is 0 Å². The van der Waals surface area contributed by atoms with Gasteiger partial charge in [0.1, 0.15) is 4.88 Å². The van der Waals surface area contributed by atoms with Crippen LogP contribution in [0.3, 0.4) is 0 Å². The molecule has 102 valence electrons. The zero-order valence-corrected chi connectivity index (χ0v) is 11.8. The maximum absolute atomic E-state index is 11.6. The fraction of sp³-hybridized carbons (Fsp3) is 0.250. The number of hydrogen-bond acceptors (Lipinski definition) is 4. The van der Waals surface area contributed by atoms with Gasteiger partial charge in [0.2, 0.25) is 10.0 Å². The summed E-state index contributed by atoms with van der Waals surface area (Å²) in [5.41, 5.74) is 0.454. The Morgan fingerprint density at radius 2 is 2.11 bits per heavy atom. The van der Waals surface area contributed by atoms with Gasteiger partial charge < -0.3 is 5.11 Å². The van der Waals surface area contributed by atoms with Crippen molar-refractivity contribution in [3.63, 3.8) is 0 Å². The van der Waals surface area contributed by atoms with E-state index in [2.05, 4.69) is 4.72 Å². The summed E-state index contributed by atoms with van der Waals surface area (Å²) < 4.78 is 26.6. The van der Waals surface area contributed by atoms with Crippen molar-refractivity contribution >= 4 is 43.1 Å². The minimum absolute atomic E-state index is 0.0645. The van der Waals surface area contributed by atoms with Crippen LogP contribution in [0.2, 0.25) is 0 Å². The lowest BCUT2D eigenvalue weighted by molar-refractivity contribution is 0.0702. The average Bonchev–Trinajstić information content (AvgIpc) is 2.71. The molecule has 2 rings (SSSR count). The molecule has 0 radical (unpaired) electrons. The summed E-state index contributed by atoms with van der Waals surface area (Å²) in [6, 6.07) is 6.54. The molecule has 0 aliphatic rings. The Hall–Kier alpha value is -1.60. The summed E-state index contributed by atoms with van der Waals surface area (Å²) in [6.07, 6.45) is 0.541.